The molecule has 0 radical (unpaired) electrons. The van der Waals surface area contributed by atoms with Gasteiger partial charge in [0, 0.05) is 18.5 Å². The number of sulfonamides is 1. The number of nitrogens with one attached hydrogen (secondary N) is 1. The van der Waals surface area contributed by atoms with Gasteiger partial charge in [0.15, 0.2) is 0 Å². The fourth-order valence-electron chi connectivity index (χ4n) is 2.95. The molecule has 2 aromatic rings. The molecular formula is C17H20ClNO3S2. The molecule has 4 nitrogen and oxygen atoms in total. The molecule has 1 heterocycles. The maximum absolute atomic E-state index is 12.6. The van der Waals surface area contributed by atoms with Crippen molar-refractivity contribution in [3.05, 3.63) is 50.7 Å². The molecule has 1 N–H and O–H groups in total. The van der Waals surface area contributed by atoms with E-state index < -0.39 is 10.0 Å². The highest BCUT2D eigenvalue weighted by atomic mass is 35.5. The Morgan fingerprint density at radius 2 is 1.96 bits per heavy atom. The van der Waals surface area contributed by atoms with Gasteiger partial charge in [-0.2, -0.15) is 0 Å². The minimum atomic E-state index is -3.56. The second-order valence-corrected chi connectivity index (χ2v) is 9.37. The molecule has 0 amide bonds. The van der Waals surface area contributed by atoms with Crippen molar-refractivity contribution in [3.63, 3.8) is 0 Å². The Labute approximate surface area is 151 Å². The van der Waals surface area contributed by atoms with Crippen LogP contribution in [0, 0.1) is 0 Å². The first-order valence-electron chi connectivity index (χ1n) is 7.89. The lowest BCUT2D eigenvalue weighted by molar-refractivity contribution is 0.110. The highest BCUT2D eigenvalue weighted by Gasteiger charge is 2.21. The number of thiophene rings is 1. The first-order chi connectivity index (χ1) is 11.5. The van der Waals surface area contributed by atoms with Gasteiger partial charge in [-0.1, -0.05) is 17.7 Å². The first-order valence-corrected chi connectivity index (χ1v) is 10.6. The molecule has 0 fully saturated rings. The lowest BCUT2D eigenvalue weighted by atomic mass is 9.92. The Morgan fingerprint density at radius 3 is 2.62 bits per heavy atom. The zero-order valence-corrected chi connectivity index (χ0v) is 15.8. The second-order valence-electron chi connectivity index (χ2n) is 5.86. The second kappa shape index (κ2) is 7.54. The van der Waals surface area contributed by atoms with E-state index in [0.717, 1.165) is 29.7 Å². The fraction of sp³-hybridized carbons (Fsp3) is 0.412. The van der Waals surface area contributed by atoms with Crippen LogP contribution in [0.5, 0.6) is 0 Å². The molecule has 1 aliphatic rings. The maximum Gasteiger partial charge on any atom is 0.240 e. The largest absolute Gasteiger partial charge is 0.375 e. The van der Waals surface area contributed by atoms with Crippen LogP contribution in [0.15, 0.2) is 35.2 Å². The van der Waals surface area contributed by atoms with E-state index in [0.29, 0.717) is 9.23 Å². The van der Waals surface area contributed by atoms with Crippen molar-refractivity contribution in [2.75, 3.05) is 13.7 Å². The molecule has 0 aliphatic heterocycles. The molecule has 7 heteroatoms. The van der Waals surface area contributed by atoms with E-state index in [1.807, 2.05) is 12.1 Å². The summed E-state index contributed by atoms with van der Waals surface area (Å²) < 4.78 is 33.9. The van der Waals surface area contributed by atoms with Gasteiger partial charge in [-0.05, 0) is 61.1 Å². The Kier molecular flexibility index (Phi) is 5.62. The van der Waals surface area contributed by atoms with Gasteiger partial charge in [0.2, 0.25) is 10.0 Å². The average molecular weight is 386 g/mol. The van der Waals surface area contributed by atoms with Gasteiger partial charge in [-0.3, -0.25) is 0 Å². The van der Waals surface area contributed by atoms with Crippen molar-refractivity contribution in [3.8, 4) is 0 Å². The zero-order valence-electron chi connectivity index (χ0n) is 13.4. The summed E-state index contributed by atoms with van der Waals surface area (Å²) in [5, 5.41) is 0. The Bertz CT molecular complexity index is 817. The van der Waals surface area contributed by atoms with Crippen LogP contribution >= 0.6 is 22.9 Å². The Morgan fingerprint density at radius 1 is 1.21 bits per heavy atom. The number of aryl methyl sites for hydroxylation is 2. The van der Waals surface area contributed by atoms with Gasteiger partial charge in [0.05, 0.1) is 9.23 Å². The summed E-state index contributed by atoms with van der Waals surface area (Å²) in [6.07, 6.45) is 3.93. The van der Waals surface area contributed by atoms with Gasteiger partial charge in [-0.15, -0.1) is 11.3 Å². The smallest absolute Gasteiger partial charge is 0.240 e. The molecule has 130 valence electrons. The number of rotatable bonds is 6. The van der Waals surface area contributed by atoms with Crippen LogP contribution in [0.25, 0.3) is 0 Å². The minimum absolute atomic E-state index is 0.173. The topological polar surface area (TPSA) is 55.4 Å². The molecule has 3 rings (SSSR count). The van der Waals surface area contributed by atoms with E-state index in [2.05, 4.69) is 4.72 Å². The average Bonchev–Trinajstić information content (AvgIpc) is 3.01. The van der Waals surface area contributed by atoms with Crippen LogP contribution in [0.4, 0.5) is 0 Å². The lowest BCUT2D eigenvalue weighted by Crippen LogP contribution is -2.29. The monoisotopic (exact) mass is 385 g/mol. The van der Waals surface area contributed by atoms with Crippen molar-refractivity contribution in [2.45, 2.75) is 36.7 Å². The van der Waals surface area contributed by atoms with Crippen LogP contribution in [-0.2, 0) is 27.6 Å². The molecule has 1 atom stereocenters. The molecule has 0 saturated carbocycles. The predicted octanol–water partition coefficient (Wildman–Crippen LogP) is 3.95. The molecule has 0 bridgehead atoms. The summed E-state index contributed by atoms with van der Waals surface area (Å²) in [5.74, 6) is 0. The molecule has 0 spiro atoms. The van der Waals surface area contributed by atoms with Crippen molar-refractivity contribution in [2.24, 2.45) is 0 Å². The van der Waals surface area contributed by atoms with Crippen LogP contribution in [-0.4, -0.2) is 22.1 Å². The molecule has 24 heavy (non-hydrogen) atoms. The zero-order chi connectivity index (χ0) is 17.2. The van der Waals surface area contributed by atoms with Crippen LogP contribution in [0.3, 0.4) is 0 Å². The van der Waals surface area contributed by atoms with E-state index in [4.69, 9.17) is 16.3 Å². The van der Waals surface area contributed by atoms with Crippen LogP contribution < -0.4 is 4.72 Å². The fourth-order valence-corrected chi connectivity index (χ4v) is 5.17. The van der Waals surface area contributed by atoms with E-state index in [1.54, 1.807) is 25.3 Å². The predicted molar refractivity (Wildman–Crippen MR) is 97.4 cm³/mol. The highest BCUT2D eigenvalue weighted by Crippen LogP contribution is 2.29. The SMILES string of the molecule is COC(CNS(=O)(=O)c1ccc2c(c1)CCCC2)c1ccc(Cl)s1. The lowest BCUT2D eigenvalue weighted by Gasteiger charge is -2.18. The van der Waals surface area contributed by atoms with Crippen molar-refractivity contribution in [1.82, 2.24) is 4.72 Å². The van der Waals surface area contributed by atoms with E-state index in [-0.39, 0.29) is 12.6 Å². The maximum atomic E-state index is 12.6. The Hall–Kier alpha value is -0.920. The number of ether oxygens (including phenoxy) is 1. The number of fused-ring (bicyclic) bond motifs is 1. The summed E-state index contributed by atoms with van der Waals surface area (Å²) in [5.41, 5.74) is 2.42. The third kappa shape index (κ3) is 4.00. The van der Waals surface area contributed by atoms with E-state index in [9.17, 15) is 8.42 Å². The van der Waals surface area contributed by atoms with Crippen LogP contribution in [0.1, 0.15) is 34.9 Å². The van der Waals surface area contributed by atoms with Crippen molar-refractivity contribution < 1.29 is 13.2 Å². The normalized spacial score (nSPS) is 15.9. The summed E-state index contributed by atoms with van der Waals surface area (Å²) in [6, 6.07) is 9.08. The quantitative estimate of drug-likeness (QED) is 0.819. The highest BCUT2D eigenvalue weighted by molar-refractivity contribution is 7.89. The summed E-state index contributed by atoms with van der Waals surface area (Å²) in [4.78, 5) is 1.22. The molecule has 1 unspecified atom stereocenters. The third-order valence-corrected chi connectivity index (χ3v) is 7.03. The summed E-state index contributed by atoms with van der Waals surface area (Å²) >= 11 is 7.33. The van der Waals surface area contributed by atoms with Crippen molar-refractivity contribution >= 4 is 33.0 Å². The van der Waals surface area contributed by atoms with Gasteiger partial charge in [0.25, 0.3) is 0 Å². The number of methoxy groups -OCH3 is 1. The number of benzene rings is 1. The molecule has 1 aromatic carbocycles. The first kappa shape index (κ1) is 17.9. The van der Waals surface area contributed by atoms with Gasteiger partial charge in [0.1, 0.15) is 6.10 Å². The number of hydrogen-bond donors (Lipinski definition) is 1. The molecule has 1 aliphatic carbocycles. The minimum Gasteiger partial charge on any atom is -0.375 e. The number of hydrogen-bond acceptors (Lipinski definition) is 4. The standard InChI is InChI=1S/C17H20ClNO3S2/c1-22-15(16-8-9-17(18)23-16)11-19-24(20,21)14-7-6-12-4-2-3-5-13(12)10-14/h6-10,15,19H,2-5,11H2,1H3. The van der Waals surface area contributed by atoms with E-state index >= 15 is 0 Å². The Balaban J connectivity index is 1.73. The van der Waals surface area contributed by atoms with Gasteiger partial charge >= 0.3 is 0 Å². The van der Waals surface area contributed by atoms with Crippen molar-refractivity contribution in [1.29, 1.82) is 0 Å². The third-order valence-electron chi connectivity index (χ3n) is 4.28. The number of halogens is 1. The van der Waals surface area contributed by atoms with Gasteiger partial charge in [-0.25, -0.2) is 13.1 Å². The molecular weight excluding hydrogens is 366 g/mol. The van der Waals surface area contributed by atoms with Gasteiger partial charge < -0.3 is 4.74 Å². The molecule has 1 aromatic heterocycles. The molecule has 0 saturated heterocycles. The summed E-state index contributed by atoms with van der Waals surface area (Å²) in [6.45, 7) is 0.173. The summed E-state index contributed by atoms with van der Waals surface area (Å²) in [7, 11) is -2.00. The van der Waals surface area contributed by atoms with E-state index in [1.165, 1.54) is 23.3 Å². The van der Waals surface area contributed by atoms with Crippen LogP contribution in [0.2, 0.25) is 4.34 Å².